The molecule has 0 spiro atoms. The zero-order chi connectivity index (χ0) is 28.9. The molecule has 6 rings (SSSR count). The fourth-order valence-corrected chi connectivity index (χ4v) is 6.04. The largest absolute Gasteiger partial charge is 0.416 e. The summed E-state index contributed by atoms with van der Waals surface area (Å²) in [4.78, 5) is 21.7. The first kappa shape index (κ1) is 27.8. The highest BCUT2D eigenvalue weighted by molar-refractivity contribution is 8.18. The molecule has 3 aromatic rings. The highest BCUT2D eigenvalue weighted by Crippen LogP contribution is 2.38. The fraction of sp³-hybridized carbons (Fsp3) is 0.370. The van der Waals surface area contributed by atoms with Gasteiger partial charge in [0.15, 0.2) is 5.17 Å². The molecule has 0 N–H and O–H groups in total. The molecule has 3 aliphatic heterocycles. The number of carbonyl (C=O) groups excluding carboxylic acids is 1. The van der Waals surface area contributed by atoms with Gasteiger partial charge in [-0.05, 0) is 53.2 Å². The van der Waals surface area contributed by atoms with Crippen molar-refractivity contribution in [3.63, 3.8) is 0 Å². The number of thioether (sulfide) groups is 1. The summed E-state index contributed by atoms with van der Waals surface area (Å²) in [6.07, 6.45) is -6.69. The summed E-state index contributed by atoms with van der Waals surface area (Å²) in [5.74, 6) is -0.336. The molecule has 4 heterocycles. The van der Waals surface area contributed by atoms with Crippen molar-refractivity contribution < 1.29 is 35.9 Å². The lowest BCUT2D eigenvalue weighted by Gasteiger charge is -2.47. The highest BCUT2D eigenvalue weighted by atomic mass is 32.2. The molecule has 0 atom stereocenters. The van der Waals surface area contributed by atoms with Gasteiger partial charge in [0.2, 0.25) is 0 Å². The molecule has 3 aliphatic rings. The normalized spacial score (nSPS) is 20.2. The van der Waals surface area contributed by atoms with E-state index < -0.39 is 23.5 Å². The minimum Gasteiger partial charge on any atom is -0.379 e. The van der Waals surface area contributed by atoms with E-state index in [1.165, 1.54) is 22.6 Å². The van der Waals surface area contributed by atoms with Gasteiger partial charge in [-0.25, -0.2) is 0 Å². The Morgan fingerprint density at radius 2 is 1.76 bits per heavy atom. The highest BCUT2D eigenvalue weighted by Gasteiger charge is 2.39. The minimum atomic E-state index is -4.97. The standard InChI is InChI=1S/C27H23F6N5O2S/c28-26(29,30)19-3-2-17(21(11-19)27(31,32)33)13-38-22-4-1-16(9-18(22)12-34-38)10-23-24(39)35-25(41-23)37-14-20(15-37)36-5-7-40-8-6-36/h1-4,9-12,20H,5-8,13-15H2/b23-10-. The quantitative estimate of drug-likeness (QED) is 0.309. The van der Waals surface area contributed by atoms with Gasteiger partial charge in [-0.1, -0.05) is 12.1 Å². The number of amides is 1. The molecule has 2 fully saturated rings. The first-order valence-electron chi connectivity index (χ1n) is 12.8. The number of ether oxygens (including phenoxy) is 1. The lowest BCUT2D eigenvalue weighted by Crippen LogP contribution is -2.62. The van der Waals surface area contributed by atoms with Crippen molar-refractivity contribution in [2.24, 2.45) is 4.99 Å². The van der Waals surface area contributed by atoms with Gasteiger partial charge >= 0.3 is 12.4 Å². The average molecular weight is 596 g/mol. The van der Waals surface area contributed by atoms with Gasteiger partial charge in [0.05, 0.1) is 47.5 Å². The van der Waals surface area contributed by atoms with E-state index in [2.05, 4.69) is 19.9 Å². The number of alkyl halides is 6. The Kier molecular flexibility index (Phi) is 7.10. The molecule has 14 heteroatoms. The summed E-state index contributed by atoms with van der Waals surface area (Å²) in [6, 6.07) is 7.11. The van der Waals surface area contributed by atoms with Crippen LogP contribution in [-0.2, 0) is 28.4 Å². The smallest absolute Gasteiger partial charge is 0.379 e. The molecule has 0 aliphatic carbocycles. The number of nitrogens with zero attached hydrogens (tertiary/aromatic N) is 5. The summed E-state index contributed by atoms with van der Waals surface area (Å²) in [5.41, 5.74) is -1.87. The van der Waals surface area contributed by atoms with E-state index in [0.29, 0.717) is 38.6 Å². The molecular weight excluding hydrogens is 572 g/mol. The third-order valence-corrected chi connectivity index (χ3v) is 8.37. The number of aromatic nitrogens is 2. The number of likely N-dealkylation sites (tertiary alicyclic amines) is 1. The van der Waals surface area contributed by atoms with Crippen LogP contribution in [-0.4, -0.2) is 76.1 Å². The van der Waals surface area contributed by atoms with E-state index in [4.69, 9.17) is 4.74 Å². The van der Waals surface area contributed by atoms with Crippen LogP contribution in [0.2, 0.25) is 0 Å². The van der Waals surface area contributed by atoms with Crippen LogP contribution in [0, 0.1) is 0 Å². The van der Waals surface area contributed by atoms with Crippen LogP contribution in [0.4, 0.5) is 26.3 Å². The number of halogens is 6. The first-order valence-corrected chi connectivity index (χ1v) is 13.6. The van der Waals surface area contributed by atoms with E-state index >= 15 is 0 Å². The van der Waals surface area contributed by atoms with Gasteiger partial charge in [0, 0.05) is 37.6 Å². The minimum absolute atomic E-state index is 0.126. The van der Waals surface area contributed by atoms with E-state index in [-0.39, 0.29) is 24.1 Å². The maximum Gasteiger partial charge on any atom is 0.416 e. The SMILES string of the molecule is O=C1N=C(N2CC(N3CCOCC3)C2)S/C1=C\c1ccc2c(cnn2Cc2ccc(C(F)(F)F)cc2C(F)(F)F)c1. The van der Waals surface area contributed by atoms with Gasteiger partial charge in [-0.2, -0.15) is 36.4 Å². The molecule has 0 unspecified atom stereocenters. The van der Waals surface area contributed by atoms with Gasteiger partial charge in [0.1, 0.15) is 0 Å². The Hall–Kier alpha value is -3.36. The second-order valence-corrected chi connectivity index (χ2v) is 11.0. The topological polar surface area (TPSA) is 63.0 Å². The molecule has 0 radical (unpaired) electrons. The summed E-state index contributed by atoms with van der Waals surface area (Å²) in [5, 5.41) is 5.43. The van der Waals surface area contributed by atoms with Crippen LogP contribution in [0.5, 0.6) is 0 Å². The predicted octanol–water partition coefficient (Wildman–Crippen LogP) is 5.11. The van der Waals surface area contributed by atoms with Gasteiger partial charge < -0.3 is 9.64 Å². The third-order valence-electron chi connectivity index (χ3n) is 7.33. The number of morpholine rings is 1. The van der Waals surface area contributed by atoms with E-state index in [1.54, 1.807) is 24.3 Å². The Bertz CT molecular complexity index is 1550. The average Bonchev–Trinajstić information content (AvgIpc) is 3.45. The molecule has 1 aromatic heterocycles. The van der Waals surface area contributed by atoms with Crippen LogP contribution < -0.4 is 0 Å². The molecule has 41 heavy (non-hydrogen) atoms. The van der Waals surface area contributed by atoms with Crippen molar-refractivity contribution in [3.05, 3.63) is 69.8 Å². The summed E-state index contributed by atoms with van der Waals surface area (Å²) in [7, 11) is 0. The number of aliphatic imine (C=N–C) groups is 1. The molecule has 0 bridgehead atoms. The van der Waals surface area contributed by atoms with Crippen molar-refractivity contribution in [1.29, 1.82) is 0 Å². The van der Waals surface area contributed by atoms with E-state index in [9.17, 15) is 31.1 Å². The first-order chi connectivity index (χ1) is 19.5. The lowest BCUT2D eigenvalue weighted by atomic mass is 10.0. The summed E-state index contributed by atoms with van der Waals surface area (Å²) in [6.45, 7) is 4.47. The molecule has 0 saturated carbocycles. The Morgan fingerprint density at radius 3 is 2.46 bits per heavy atom. The van der Waals surface area contributed by atoms with Gasteiger partial charge in [-0.3, -0.25) is 14.4 Å². The second kappa shape index (κ2) is 10.5. The van der Waals surface area contributed by atoms with Crippen molar-refractivity contribution in [2.45, 2.75) is 24.9 Å². The van der Waals surface area contributed by atoms with Crippen LogP contribution >= 0.6 is 11.8 Å². The molecule has 7 nitrogen and oxygen atoms in total. The maximum absolute atomic E-state index is 13.6. The van der Waals surface area contributed by atoms with Crippen LogP contribution in [0.25, 0.3) is 17.0 Å². The van der Waals surface area contributed by atoms with E-state index in [1.807, 2.05) is 0 Å². The van der Waals surface area contributed by atoms with Crippen LogP contribution in [0.3, 0.4) is 0 Å². The number of rotatable bonds is 4. The van der Waals surface area contributed by atoms with Crippen LogP contribution in [0.15, 0.2) is 52.5 Å². The Morgan fingerprint density at radius 1 is 1.00 bits per heavy atom. The van der Waals surface area contributed by atoms with E-state index in [0.717, 1.165) is 45.5 Å². The van der Waals surface area contributed by atoms with Crippen molar-refractivity contribution >= 4 is 39.8 Å². The van der Waals surface area contributed by atoms with Gasteiger partial charge in [0.25, 0.3) is 5.91 Å². The number of hydrogen-bond donors (Lipinski definition) is 0. The fourth-order valence-electron chi connectivity index (χ4n) is 5.11. The Labute approximate surface area is 234 Å². The summed E-state index contributed by atoms with van der Waals surface area (Å²) < 4.78 is 86.5. The third kappa shape index (κ3) is 5.72. The molecule has 2 aromatic carbocycles. The molecular formula is C27H23F6N5O2S. The number of benzene rings is 2. The van der Waals surface area contributed by atoms with Crippen LogP contribution in [0.1, 0.15) is 22.3 Å². The number of hydrogen-bond acceptors (Lipinski definition) is 6. The summed E-state index contributed by atoms with van der Waals surface area (Å²) >= 11 is 1.30. The zero-order valence-corrected chi connectivity index (χ0v) is 22.2. The molecule has 2 saturated heterocycles. The number of fused-ring (bicyclic) bond motifs is 1. The monoisotopic (exact) mass is 595 g/mol. The zero-order valence-electron chi connectivity index (χ0n) is 21.4. The lowest BCUT2D eigenvalue weighted by molar-refractivity contribution is -0.143. The predicted molar refractivity (Wildman–Crippen MR) is 141 cm³/mol. The maximum atomic E-state index is 13.6. The molecule has 216 valence electrons. The van der Waals surface area contributed by atoms with Gasteiger partial charge in [-0.15, -0.1) is 0 Å². The second-order valence-electron chi connectivity index (χ2n) is 10.0. The van der Waals surface area contributed by atoms with Crippen molar-refractivity contribution in [1.82, 2.24) is 19.6 Å². The number of carbonyl (C=O) groups is 1. The molecule has 1 amide bonds. The Balaban J connectivity index is 1.16. The number of amidine groups is 1. The van der Waals surface area contributed by atoms with Crippen molar-refractivity contribution in [3.8, 4) is 0 Å². The van der Waals surface area contributed by atoms with Crippen molar-refractivity contribution in [2.75, 3.05) is 39.4 Å².